The molecule has 0 saturated heterocycles. The molecule has 0 heterocycles. The van der Waals surface area contributed by atoms with Gasteiger partial charge in [-0.05, 0) is 32.9 Å². The molecule has 0 unspecified atom stereocenters. The van der Waals surface area contributed by atoms with Crippen LogP contribution >= 0.6 is 0 Å². The van der Waals surface area contributed by atoms with Crippen LogP contribution in [0.2, 0.25) is 0 Å². The van der Waals surface area contributed by atoms with Crippen LogP contribution in [-0.2, 0) is 0 Å². The second-order valence-electron chi connectivity index (χ2n) is 5.31. The highest BCUT2D eigenvalue weighted by Crippen LogP contribution is 2.35. The molecule has 0 aromatic carbocycles. The van der Waals surface area contributed by atoms with Gasteiger partial charge in [-0.25, -0.2) is 0 Å². The summed E-state index contributed by atoms with van der Waals surface area (Å²) in [7, 11) is 2.19. The fourth-order valence-electron chi connectivity index (χ4n) is 2.88. The Morgan fingerprint density at radius 1 is 1.13 bits per heavy atom. The van der Waals surface area contributed by atoms with Gasteiger partial charge in [0.2, 0.25) is 0 Å². The van der Waals surface area contributed by atoms with Crippen molar-refractivity contribution in [2.24, 2.45) is 5.41 Å². The fourth-order valence-corrected chi connectivity index (χ4v) is 2.88. The van der Waals surface area contributed by atoms with Gasteiger partial charge in [0.05, 0.1) is 0 Å². The minimum absolute atomic E-state index is 0.209. The van der Waals surface area contributed by atoms with Crippen molar-refractivity contribution in [3.63, 3.8) is 0 Å². The quantitative estimate of drug-likeness (QED) is 0.710. The van der Waals surface area contributed by atoms with E-state index in [0.717, 1.165) is 13.1 Å². The maximum atomic E-state index is 9.66. The highest BCUT2D eigenvalue weighted by Gasteiger charge is 2.31. The Balaban J connectivity index is 2.49. The van der Waals surface area contributed by atoms with Crippen molar-refractivity contribution in [1.82, 2.24) is 4.90 Å². The monoisotopic (exact) mass is 213 g/mol. The molecular weight excluding hydrogens is 186 g/mol. The van der Waals surface area contributed by atoms with Crippen LogP contribution in [0.5, 0.6) is 0 Å². The van der Waals surface area contributed by atoms with Gasteiger partial charge >= 0.3 is 0 Å². The molecule has 1 aliphatic carbocycles. The number of nitrogens with zero attached hydrogens (tertiary/aromatic N) is 1. The Hall–Kier alpha value is -0.0800. The number of hydrogen-bond acceptors (Lipinski definition) is 2. The van der Waals surface area contributed by atoms with E-state index in [9.17, 15) is 5.11 Å². The van der Waals surface area contributed by atoms with Gasteiger partial charge in [-0.1, -0.05) is 32.6 Å². The lowest BCUT2D eigenvalue weighted by Crippen LogP contribution is -2.38. The summed E-state index contributed by atoms with van der Waals surface area (Å²) in [5.41, 5.74) is 0.209. The van der Waals surface area contributed by atoms with E-state index in [-0.39, 0.29) is 5.41 Å². The maximum Gasteiger partial charge on any atom is 0.0499 e. The van der Waals surface area contributed by atoms with Gasteiger partial charge in [-0.15, -0.1) is 0 Å². The molecule has 0 amide bonds. The molecule has 2 nitrogen and oxygen atoms in total. The first-order chi connectivity index (χ1) is 7.22. The lowest BCUT2D eigenvalue weighted by atomic mass is 9.80. The van der Waals surface area contributed by atoms with E-state index in [1.54, 1.807) is 0 Å². The number of aliphatic hydroxyl groups excluding tert-OH is 1. The zero-order valence-corrected chi connectivity index (χ0v) is 10.5. The Morgan fingerprint density at radius 2 is 1.73 bits per heavy atom. The van der Waals surface area contributed by atoms with Crippen molar-refractivity contribution in [3.05, 3.63) is 0 Å². The van der Waals surface area contributed by atoms with Gasteiger partial charge < -0.3 is 10.0 Å². The van der Waals surface area contributed by atoms with Gasteiger partial charge in [0, 0.05) is 18.6 Å². The van der Waals surface area contributed by atoms with Crippen LogP contribution < -0.4 is 0 Å². The lowest BCUT2D eigenvalue weighted by Gasteiger charge is -2.35. The van der Waals surface area contributed by atoms with E-state index in [4.69, 9.17) is 0 Å². The predicted octanol–water partition coefficient (Wildman–Crippen LogP) is 2.66. The first-order valence-corrected chi connectivity index (χ1v) is 6.52. The Bertz CT molecular complexity index is 162. The summed E-state index contributed by atoms with van der Waals surface area (Å²) in [6, 6.07) is 0. The van der Waals surface area contributed by atoms with E-state index in [0.29, 0.717) is 6.61 Å². The predicted molar refractivity (Wildman–Crippen MR) is 65.0 cm³/mol. The summed E-state index contributed by atoms with van der Waals surface area (Å²) >= 11 is 0. The topological polar surface area (TPSA) is 23.5 Å². The van der Waals surface area contributed by atoms with Crippen LogP contribution in [0.25, 0.3) is 0 Å². The molecule has 1 N–H and O–H groups in total. The zero-order chi connectivity index (χ0) is 11.1. The van der Waals surface area contributed by atoms with Crippen LogP contribution in [0.1, 0.15) is 51.9 Å². The molecule has 90 valence electrons. The third-order valence-corrected chi connectivity index (χ3v) is 3.71. The van der Waals surface area contributed by atoms with Crippen molar-refractivity contribution in [2.45, 2.75) is 51.9 Å². The van der Waals surface area contributed by atoms with E-state index in [2.05, 4.69) is 18.9 Å². The summed E-state index contributed by atoms with van der Waals surface area (Å²) in [6.07, 6.45) is 8.98. The van der Waals surface area contributed by atoms with Crippen molar-refractivity contribution in [1.29, 1.82) is 0 Å². The molecule has 1 fully saturated rings. The number of hydrogen-bond donors (Lipinski definition) is 1. The molecule has 1 aliphatic rings. The van der Waals surface area contributed by atoms with Crippen LogP contribution in [-0.4, -0.2) is 36.8 Å². The van der Waals surface area contributed by atoms with E-state index >= 15 is 0 Å². The molecule has 1 saturated carbocycles. The van der Waals surface area contributed by atoms with Crippen LogP contribution in [0.15, 0.2) is 0 Å². The molecule has 0 bridgehead atoms. The van der Waals surface area contributed by atoms with Gasteiger partial charge in [0.1, 0.15) is 0 Å². The smallest absolute Gasteiger partial charge is 0.0499 e. The number of rotatable bonds is 5. The maximum absolute atomic E-state index is 9.66. The highest BCUT2D eigenvalue weighted by atomic mass is 16.3. The summed E-state index contributed by atoms with van der Waals surface area (Å²) in [5.74, 6) is 0. The molecule has 15 heavy (non-hydrogen) atoms. The molecule has 0 atom stereocenters. The minimum Gasteiger partial charge on any atom is -0.396 e. The van der Waals surface area contributed by atoms with Gasteiger partial charge in [0.15, 0.2) is 0 Å². The summed E-state index contributed by atoms with van der Waals surface area (Å²) < 4.78 is 0. The minimum atomic E-state index is 0.209. The lowest BCUT2D eigenvalue weighted by molar-refractivity contribution is 0.0687. The molecule has 0 aromatic heterocycles. The molecule has 0 spiro atoms. The fraction of sp³-hybridized carbons (Fsp3) is 1.00. The zero-order valence-electron chi connectivity index (χ0n) is 10.5. The molecule has 2 heteroatoms. The third kappa shape index (κ3) is 4.12. The first-order valence-electron chi connectivity index (χ1n) is 6.52. The third-order valence-electron chi connectivity index (χ3n) is 3.71. The van der Waals surface area contributed by atoms with Gasteiger partial charge in [-0.2, -0.15) is 0 Å². The first kappa shape index (κ1) is 13.0. The average Bonchev–Trinajstić information content (AvgIpc) is 2.44. The van der Waals surface area contributed by atoms with Crippen LogP contribution in [0.4, 0.5) is 0 Å². The van der Waals surface area contributed by atoms with Gasteiger partial charge in [-0.3, -0.25) is 0 Å². The van der Waals surface area contributed by atoms with Crippen molar-refractivity contribution in [2.75, 3.05) is 26.7 Å². The van der Waals surface area contributed by atoms with E-state index < -0.39 is 0 Å². The summed E-state index contributed by atoms with van der Waals surface area (Å²) in [5, 5.41) is 9.66. The molecular formula is C13H27NO. The molecule has 0 aromatic rings. The van der Waals surface area contributed by atoms with Crippen molar-refractivity contribution in [3.8, 4) is 0 Å². The highest BCUT2D eigenvalue weighted by molar-refractivity contribution is 4.83. The average molecular weight is 213 g/mol. The van der Waals surface area contributed by atoms with E-state index in [1.165, 1.54) is 44.9 Å². The Labute approximate surface area is 94.7 Å². The summed E-state index contributed by atoms with van der Waals surface area (Å²) in [4.78, 5) is 2.39. The second-order valence-corrected chi connectivity index (χ2v) is 5.31. The van der Waals surface area contributed by atoms with Crippen LogP contribution in [0, 0.1) is 5.41 Å². The van der Waals surface area contributed by atoms with Gasteiger partial charge in [0.25, 0.3) is 0 Å². The van der Waals surface area contributed by atoms with E-state index in [1.807, 2.05) is 0 Å². The Kier molecular flexibility index (Phi) is 5.62. The SMILES string of the molecule is CCCN(C)CC1(CO)CCCCCC1. The van der Waals surface area contributed by atoms with Crippen molar-refractivity contribution >= 4 is 0 Å². The normalized spacial score (nSPS) is 21.6. The molecule has 0 radical (unpaired) electrons. The number of aliphatic hydroxyl groups is 1. The standard InChI is InChI=1S/C13H27NO/c1-3-10-14(2)11-13(12-15)8-6-4-5-7-9-13/h15H,3-12H2,1-2H3. The second kappa shape index (κ2) is 6.49. The van der Waals surface area contributed by atoms with Crippen LogP contribution in [0.3, 0.4) is 0 Å². The Morgan fingerprint density at radius 3 is 2.20 bits per heavy atom. The van der Waals surface area contributed by atoms with Crippen molar-refractivity contribution < 1.29 is 5.11 Å². The molecule has 0 aliphatic heterocycles. The molecule has 1 rings (SSSR count). The summed E-state index contributed by atoms with van der Waals surface area (Å²) in [6.45, 7) is 4.83. The largest absolute Gasteiger partial charge is 0.396 e.